The fourth-order valence-electron chi connectivity index (χ4n) is 1.76. The lowest BCUT2D eigenvalue weighted by Crippen LogP contribution is -2.48. The van der Waals surface area contributed by atoms with Crippen molar-refractivity contribution in [2.45, 2.75) is 10.9 Å². The number of carbonyl (C=O) groups excluding carboxylic acids is 1. The molecule has 1 amide bonds. The maximum atomic E-state index is 12.4. The number of ether oxygens (including phenoxy) is 1. The number of benzene rings is 1. The Kier molecular flexibility index (Phi) is 8.04. The van der Waals surface area contributed by atoms with E-state index in [-0.39, 0.29) is 18.1 Å². The first-order valence-corrected chi connectivity index (χ1v) is 8.93. The zero-order valence-electron chi connectivity index (χ0n) is 13.5. The molecule has 1 atom stereocenters. The van der Waals surface area contributed by atoms with Crippen LogP contribution in [0.4, 0.5) is 0 Å². The van der Waals surface area contributed by atoms with Gasteiger partial charge in [-0.05, 0) is 24.3 Å². The number of rotatable bonds is 10. The van der Waals surface area contributed by atoms with Gasteiger partial charge in [0.1, 0.15) is 0 Å². The van der Waals surface area contributed by atoms with Gasteiger partial charge >= 0.3 is 5.97 Å². The number of likely N-dealkylation sites (N-methyl/N-ethyl adjacent to an activating group) is 1. The molecule has 1 aromatic carbocycles. The van der Waals surface area contributed by atoms with Crippen molar-refractivity contribution < 1.29 is 27.9 Å². The predicted octanol–water partition coefficient (Wildman–Crippen LogP) is 0.732. The highest BCUT2D eigenvalue weighted by atomic mass is 35.5. The minimum absolute atomic E-state index is 0.0312. The minimum Gasteiger partial charge on any atom is -0.480 e. The zero-order chi connectivity index (χ0) is 19.0. The molecule has 1 aromatic rings. The minimum atomic E-state index is -3.91. The van der Waals surface area contributed by atoms with Crippen LogP contribution in [0.5, 0.6) is 0 Å². The molecule has 0 aliphatic heterocycles. The Hall–Kier alpha value is -1.94. The average molecular weight is 391 g/mol. The molecule has 0 saturated heterocycles. The van der Waals surface area contributed by atoms with Crippen LogP contribution >= 0.6 is 11.6 Å². The predicted molar refractivity (Wildman–Crippen MR) is 91.9 cm³/mol. The van der Waals surface area contributed by atoms with E-state index in [2.05, 4.69) is 11.9 Å². The molecule has 0 bridgehead atoms. The summed E-state index contributed by atoms with van der Waals surface area (Å²) in [5.41, 5.74) is 0. The SMILES string of the molecule is C=CCOCC(NC(=O)CN(C)S(=O)(=O)c1ccc(Cl)cc1)C(=O)O. The van der Waals surface area contributed by atoms with Crippen molar-refractivity contribution in [1.82, 2.24) is 9.62 Å². The molecule has 25 heavy (non-hydrogen) atoms. The van der Waals surface area contributed by atoms with Crippen molar-refractivity contribution in [3.05, 3.63) is 41.9 Å². The summed E-state index contributed by atoms with van der Waals surface area (Å²) in [5, 5.41) is 11.6. The molecule has 0 heterocycles. The van der Waals surface area contributed by atoms with Crippen LogP contribution in [0.15, 0.2) is 41.8 Å². The molecule has 1 unspecified atom stereocenters. The molecule has 2 N–H and O–H groups in total. The molecule has 0 fully saturated rings. The smallest absolute Gasteiger partial charge is 0.328 e. The number of nitrogens with one attached hydrogen (secondary N) is 1. The number of halogens is 1. The number of nitrogens with zero attached hydrogens (tertiary/aromatic N) is 1. The van der Waals surface area contributed by atoms with E-state index in [1.165, 1.54) is 37.4 Å². The van der Waals surface area contributed by atoms with Crippen LogP contribution < -0.4 is 5.32 Å². The number of amides is 1. The second-order valence-corrected chi connectivity index (χ2v) is 7.48. The van der Waals surface area contributed by atoms with Gasteiger partial charge in [-0.1, -0.05) is 17.7 Å². The molecule has 0 aliphatic rings. The first kappa shape index (κ1) is 21.1. The van der Waals surface area contributed by atoms with E-state index < -0.39 is 34.5 Å². The van der Waals surface area contributed by atoms with Gasteiger partial charge in [0, 0.05) is 12.1 Å². The van der Waals surface area contributed by atoms with Gasteiger partial charge in [0.25, 0.3) is 0 Å². The number of carboxylic acids is 1. The summed E-state index contributed by atoms with van der Waals surface area (Å²) in [5.74, 6) is -2.06. The monoisotopic (exact) mass is 390 g/mol. The lowest BCUT2D eigenvalue weighted by Gasteiger charge is -2.19. The van der Waals surface area contributed by atoms with Gasteiger partial charge in [-0.2, -0.15) is 4.31 Å². The highest BCUT2D eigenvalue weighted by Gasteiger charge is 2.25. The van der Waals surface area contributed by atoms with Crippen molar-refractivity contribution in [1.29, 1.82) is 0 Å². The van der Waals surface area contributed by atoms with Gasteiger partial charge in [0.2, 0.25) is 15.9 Å². The van der Waals surface area contributed by atoms with Crippen LogP contribution in [-0.2, 0) is 24.3 Å². The molecule has 0 radical (unpaired) electrons. The Bertz CT molecular complexity index is 720. The van der Waals surface area contributed by atoms with Crippen LogP contribution in [-0.4, -0.2) is 62.6 Å². The van der Waals surface area contributed by atoms with E-state index in [1.807, 2.05) is 0 Å². The fraction of sp³-hybridized carbons (Fsp3) is 0.333. The largest absolute Gasteiger partial charge is 0.480 e. The van der Waals surface area contributed by atoms with Crippen LogP contribution in [0.3, 0.4) is 0 Å². The van der Waals surface area contributed by atoms with Gasteiger partial charge < -0.3 is 15.2 Å². The average Bonchev–Trinajstić information content (AvgIpc) is 2.54. The maximum absolute atomic E-state index is 12.4. The Morgan fingerprint density at radius 3 is 2.52 bits per heavy atom. The third-order valence-electron chi connectivity index (χ3n) is 3.04. The van der Waals surface area contributed by atoms with Gasteiger partial charge in [-0.25, -0.2) is 13.2 Å². The summed E-state index contributed by atoms with van der Waals surface area (Å²) in [6.45, 7) is 2.74. The maximum Gasteiger partial charge on any atom is 0.328 e. The van der Waals surface area contributed by atoms with Crippen LogP contribution in [0.2, 0.25) is 5.02 Å². The lowest BCUT2D eigenvalue weighted by atomic mass is 10.3. The van der Waals surface area contributed by atoms with Gasteiger partial charge in [-0.3, -0.25) is 4.79 Å². The number of hydrogen-bond acceptors (Lipinski definition) is 5. The third-order valence-corrected chi connectivity index (χ3v) is 5.11. The normalized spacial score (nSPS) is 12.6. The molecule has 0 spiro atoms. The van der Waals surface area contributed by atoms with Crippen molar-refractivity contribution in [2.75, 3.05) is 26.8 Å². The third kappa shape index (κ3) is 6.46. The second-order valence-electron chi connectivity index (χ2n) is 5.00. The van der Waals surface area contributed by atoms with E-state index in [9.17, 15) is 18.0 Å². The van der Waals surface area contributed by atoms with Gasteiger partial charge in [-0.15, -0.1) is 6.58 Å². The molecular formula is C15H19ClN2O6S. The zero-order valence-corrected chi connectivity index (χ0v) is 15.1. The fourth-order valence-corrected chi connectivity index (χ4v) is 3.01. The molecular weight excluding hydrogens is 372 g/mol. The van der Waals surface area contributed by atoms with E-state index in [4.69, 9.17) is 21.4 Å². The highest BCUT2D eigenvalue weighted by molar-refractivity contribution is 7.89. The Morgan fingerprint density at radius 2 is 2.00 bits per heavy atom. The van der Waals surface area contributed by atoms with Crippen molar-refractivity contribution in [3.63, 3.8) is 0 Å². The van der Waals surface area contributed by atoms with Crippen LogP contribution in [0.1, 0.15) is 0 Å². The molecule has 138 valence electrons. The van der Waals surface area contributed by atoms with Crippen molar-refractivity contribution in [3.8, 4) is 0 Å². The number of sulfonamides is 1. The summed E-state index contributed by atoms with van der Waals surface area (Å²) in [6, 6.07) is 4.17. The summed E-state index contributed by atoms with van der Waals surface area (Å²) < 4.78 is 30.5. The summed E-state index contributed by atoms with van der Waals surface area (Å²) >= 11 is 5.72. The molecule has 8 nitrogen and oxygen atoms in total. The Labute approximate surface area is 151 Å². The number of hydrogen-bond donors (Lipinski definition) is 2. The topological polar surface area (TPSA) is 113 Å². The highest BCUT2D eigenvalue weighted by Crippen LogP contribution is 2.17. The van der Waals surface area contributed by atoms with Crippen molar-refractivity contribution in [2.24, 2.45) is 0 Å². The first-order chi connectivity index (χ1) is 11.7. The van der Waals surface area contributed by atoms with E-state index in [0.717, 1.165) is 4.31 Å². The van der Waals surface area contributed by atoms with Gasteiger partial charge in [0.05, 0.1) is 24.7 Å². The summed E-state index contributed by atoms with van der Waals surface area (Å²) in [4.78, 5) is 23.0. The first-order valence-electron chi connectivity index (χ1n) is 7.11. The second kappa shape index (κ2) is 9.52. The summed E-state index contributed by atoms with van der Waals surface area (Å²) in [7, 11) is -2.69. The molecule has 0 saturated carbocycles. The van der Waals surface area contributed by atoms with E-state index >= 15 is 0 Å². The number of aliphatic carboxylic acids is 1. The Morgan fingerprint density at radius 1 is 1.40 bits per heavy atom. The molecule has 0 aromatic heterocycles. The standard InChI is InChI=1S/C15H19ClN2O6S/c1-3-8-24-10-13(15(20)21)17-14(19)9-18(2)25(22,23)12-6-4-11(16)5-7-12/h3-7,13H,1,8-10H2,2H3,(H,17,19)(H,20,21). The lowest BCUT2D eigenvalue weighted by molar-refractivity contribution is -0.143. The summed E-state index contributed by atoms with van der Waals surface area (Å²) in [6.07, 6.45) is 1.44. The molecule has 0 aliphatic carbocycles. The van der Waals surface area contributed by atoms with E-state index in [0.29, 0.717) is 5.02 Å². The van der Waals surface area contributed by atoms with Crippen molar-refractivity contribution >= 4 is 33.5 Å². The molecule has 10 heteroatoms. The number of carbonyl (C=O) groups is 2. The quantitative estimate of drug-likeness (QED) is 0.450. The van der Waals surface area contributed by atoms with Crippen LogP contribution in [0, 0.1) is 0 Å². The Balaban J connectivity index is 2.72. The van der Waals surface area contributed by atoms with E-state index in [1.54, 1.807) is 0 Å². The van der Waals surface area contributed by atoms with Crippen LogP contribution in [0.25, 0.3) is 0 Å². The van der Waals surface area contributed by atoms with Gasteiger partial charge in [0.15, 0.2) is 6.04 Å². The molecule has 1 rings (SSSR count). The number of carboxylic acid groups (broad SMARTS) is 1.